The topological polar surface area (TPSA) is 20.3 Å². The van der Waals surface area contributed by atoms with Crippen molar-refractivity contribution in [3.8, 4) is 0 Å². The maximum absolute atomic E-state index is 13.0. The van der Waals surface area contributed by atoms with Gasteiger partial charge in [-0.25, -0.2) is 0 Å². The molecular formula is C20H25NO. The zero-order valence-electron chi connectivity index (χ0n) is 13.6. The quantitative estimate of drug-likeness (QED) is 0.783. The van der Waals surface area contributed by atoms with Crippen LogP contribution in [0.4, 0.5) is 0 Å². The molecule has 0 radical (unpaired) electrons. The van der Waals surface area contributed by atoms with Crippen LogP contribution in [0.1, 0.15) is 43.5 Å². The summed E-state index contributed by atoms with van der Waals surface area (Å²) in [4.78, 5) is 15.0. The van der Waals surface area contributed by atoms with Crippen LogP contribution in [0.5, 0.6) is 0 Å². The third-order valence-corrected chi connectivity index (χ3v) is 5.02. The predicted molar refractivity (Wildman–Crippen MR) is 92.0 cm³/mol. The van der Waals surface area contributed by atoms with Crippen LogP contribution in [0, 0.1) is 11.8 Å². The first kappa shape index (κ1) is 15.1. The SMILES string of the molecule is CC(C)C1CCCN(C(=O)c2cccc3ccccc23)CC1. The minimum atomic E-state index is 0.196. The first-order chi connectivity index (χ1) is 10.7. The van der Waals surface area contributed by atoms with E-state index in [1.165, 1.54) is 6.42 Å². The van der Waals surface area contributed by atoms with Gasteiger partial charge >= 0.3 is 0 Å². The van der Waals surface area contributed by atoms with Crippen molar-refractivity contribution in [3.63, 3.8) is 0 Å². The molecule has 1 heterocycles. The van der Waals surface area contributed by atoms with Crippen LogP contribution in [-0.4, -0.2) is 23.9 Å². The standard InChI is InChI=1S/C20H25NO/c1-15(2)16-9-6-13-21(14-12-16)20(22)19-11-5-8-17-7-3-4-10-18(17)19/h3-5,7-8,10-11,15-16H,6,9,12-14H2,1-2H3. The zero-order chi connectivity index (χ0) is 15.5. The fourth-order valence-electron chi connectivity index (χ4n) is 3.57. The van der Waals surface area contributed by atoms with Crippen molar-refractivity contribution in [1.82, 2.24) is 4.90 Å². The van der Waals surface area contributed by atoms with E-state index in [0.717, 1.165) is 48.2 Å². The van der Waals surface area contributed by atoms with Crippen molar-refractivity contribution in [2.75, 3.05) is 13.1 Å². The van der Waals surface area contributed by atoms with Crippen molar-refractivity contribution in [2.24, 2.45) is 11.8 Å². The Balaban J connectivity index is 1.84. The van der Waals surface area contributed by atoms with Crippen LogP contribution in [-0.2, 0) is 0 Å². The van der Waals surface area contributed by atoms with Gasteiger partial charge in [0.15, 0.2) is 0 Å². The minimum Gasteiger partial charge on any atom is -0.339 e. The highest BCUT2D eigenvalue weighted by Crippen LogP contribution is 2.26. The molecule has 0 aliphatic carbocycles. The van der Waals surface area contributed by atoms with Gasteiger partial charge in [0.05, 0.1) is 0 Å². The first-order valence-electron chi connectivity index (χ1n) is 8.44. The van der Waals surface area contributed by atoms with Crippen molar-refractivity contribution >= 4 is 16.7 Å². The lowest BCUT2D eigenvalue weighted by atomic mass is 9.89. The van der Waals surface area contributed by atoms with Gasteiger partial charge in [0.1, 0.15) is 0 Å². The number of fused-ring (bicyclic) bond motifs is 1. The molecule has 0 spiro atoms. The molecule has 1 atom stereocenters. The summed E-state index contributed by atoms with van der Waals surface area (Å²) >= 11 is 0. The summed E-state index contributed by atoms with van der Waals surface area (Å²) in [5, 5.41) is 2.21. The Labute approximate surface area is 133 Å². The van der Waals surface area contributed by atoms with E-state index < -0.39 is 0 Å². The molecule has 2 aromatic carbocycles. The summed E-state index contributed by atoms with van der Waals surface area (Å²) in [5.74, 6) is 1.67. The summed E-state index contributed by atoms with van der Waals surface area (Å²) in [5.41, 5.74) is 0.848. The van der Waals surface area contributed by atoms with Gasteiger partial charge in [0.2, 0.25) is 0 Å². The van der Waals surface area contributed by atoms with Crippen molar-refractivity contribution < 1.29 is 4.79 Å². The molecule has 116 valence electrons. The second-order valence-electron chi connectivity index (χ2n) is 6.75. The van der Waals surface area contributed by atoms with E-state index in [2.05, 4.69) is 36.9 Å². The highest BCUT2D eigenvalue weighted by atomic mass is 16.2. The number of hydrogen-bond acceptors (Lipinski definition) is 1. The molecule has 0 bridgehead atoms. The van der Waals surface area contributed by atoms with Crippen molar-refractivity contribution in [3.05, 3.63) is 48.0 Å². The Morgan fingerprint density at radius 2 is 1.82 bits per heavy atom. The van der Waals surface area contributed by atoms with Gasteiger partial charge in [-0.05, 0) is 47.9 Å². The van der Waals surface area contributed by atoms with Gasteiger partial charge < -0.3 is 4.90 Å². The lowest BCUT2D eigenvalue weighted by Gasteiger charge is -2.22. The molecule has 1 amide bonds. The molecule has 22 heavy (non-hydrogen) atoms. The monoisotopic (exact) mass is 295 g/mol. The van der Waals surface area contributed by atoms with Gasteiger partial charge in [0.25, 0.3) is 5.91 Å². The van der Waals surface area contributed by atoms with Crippen LogP contribution >= 0.6 is 0 Å². The van der Waals surface area contributed by atoms with E-state index in [-0.39, 0.29) is 5.91 Å². The molecule has 0 saturated carbocycles. The van der Waals surface area contributed by atoms with Crippen molar-refractivity contribution in [2.45, 2.75) is 33.1 Å². The summed E-state index contributed by atoms with van der Waals surface area (Å²) in [6.45, 7) is 6.38. The number of amides is 1. The fraction of sp³-hybridized carbons (Fsp3) is 0.450. The summed E-state index contributed by atoms with van der Waals surface area (Å²) in [6, 6.07) is 14.2. The van der Waals surface area contributed by atoms with E-state index >= 15 is 0 Å². The second-order valence-corrected chi connectivity index (χ2v) is 6.75. The third kappa shape index (κ3) is 3.01. The lowest BCUT2D eigenvalue weighted by Crippen LogP contribution is -2.32. The zero-order valence-corrected chi connectivity index (χ0v) is 13.6. The summed E-state index contributed by atoms with van der Waals surface area (Å²) in [6.07, 6.45) is 3.50. The molecule has 2 nitrogen and oxygen atoms in total. The maximum atomic E-state index is 13.0. The van der Waals surface area contributed by atoms with Gasteiger partial charge in [-0.2, -0.15) is 0 Å². The largest absolute Gasteiger partial charge is 0.339 e. The predicted octanol–water partition coefficient (Wildman–Crippen LogP) is 4.74. The Bertz CT molecular complexity index is 656. The van der Waals surface area contributed by atoms with Crippen molar-refractivity contribution in [1.29, 1.82) is 0 Å². The molecule has 0 aromatic heterocycles. The number of carbonyl (C=O) groups is 1. The van der Waals surface area contributed by atoms with Gasteiger partial charge in [-0.3, -0.25) is 4.79 Å². The number of hydrogen-bond donors (Lipinski definition) is 0. The highest BCUT2D eigenvalue weighted by molar-refractivity contribution is 6.07. The molecule has 1 fully saturated rings. The number of rotatable bonds is 2. The number of nitrogens with zero attached hydrogens (tertiary/aromatic N) is 1. The number of benzene rings is 2. The van der Waals surface area contributed by atoms with E-state index in [0.29, 0.717) is 5.92 Å². The Morgan fingerprint density at radius 3 is 2.64 bits per heavy atom. The van der Waals surface area contributed by atoms with Gasteiger partial charge in [0, 0.05) is 18.7 Å². The molecule has 1 unspecified atom stereocenters. The smallest absolute Gasteiger partial charge is 0.254 e. The van der Waals surface area contributed by atoms with Crippen LogP contribution in [0.25, 0.3) is 10.8 Å². The van der Waals surface area contributed by atoms with E-state index in [1.54, 1.807) is 0 Å². The average molecular weight is 295 g/mol. The molecule has 1 saturated heterocycles. The Kier molecular flexibility index (Phi) is 4.47. The second kappa shape index (κ2) is 6.51. The van der Waals surface area contributed by atoms with E-state index in [4.69, 9.17) is 0 Å². The maximum Gasteiger partial charge on any atom is 0.254 e. The number of carbonyl (C=O) groups excluding carboxylic acids is 1. The molecular weight excluding hydrogens is 270 g/mol. The fourth-order valence-corrected chi connectivity index (χ4v) is 3.57. The average Bonchev–Trinajstić information content (AvgIpc) is 2.80. The minimum absolute atomic E-state index is 0.196. The molecule has 2 heteroatoms. The van der Waals surface area contributed by atoms with E-state index in [1.807, 2.05) is 24.3 Å². The molecule has 3 rings (SSSR count). The molecule has 1 aliphatic heterocycles. The molecule has 1 aliphatic rings. The lowest BCUT2D eigenvalue weighted by molar-refractivity contribution is 0.0761. The highest BCUT2D eigenvalue weighted by Gasteiger charge is 2.23. The van der Waals surface area contributed by atoms with Crippen LogP contribution in [0.2, 0.25) is 0 Å². The van der Waals surface area contributed by atoms with Crippen LogP contribution in [0.15, 0.2) is 42.5 Å². The van der Waals surface area contributed by atoms with Gasteiger partial charge in [-0.15, -0.1) is 0 Å². The van der Waals surface area contributed by atoms with Crippen LogP contribution in [0.3, 0.4) is 0 Å². The summed E-state index contributed by atoms with van der Waals surface area (Å²) in [7, 11) is 0. The molecule has 0 N–H and O–H groups in total. The Hall–Kier alpha value is -1.83. The third-order valence-electron chi connectivity index (χ3n) is 5.02. The van der Waals surface area contributed by atoms with Crippen LogP contribution < -0.4 is 0 Å². The van der Waals surface area contributed by atoms with E-state index in [9.17, 15) is 4.79 Å². The first-order valence-corrected chi connectivity index (χ1v) is 8.44. The molecule has 2 aromatic rings. The van der Waals surface area contributed by atoms with Gasteiger partial charge in [-0.1, -0.05) is 50.2 Å². The number of likely N-dealkylation sites (tertiary alicyclic amines) is 1. The Morgan fingerprint density at radius 1 is 1.05 bits per heavy atom. The summed E-state index contributed by atoms with van der Waals surface area (Å²) < 4.78 is 0. The normalized spacial score (nSPS) is 19.4.